The second-order valence-corrected chi connectivity index (χ2v) is 7.62. The van der Waals surface area contributed by atoms with E-state index < -0.39 is 0 Å². The van der Waals surface area contributed by atoms with Gasteiger partial charge in [-0.15, -0.1) is 0 Å². The zero-order valence-corrected chi connectivity index (χ0v) is 19.8. The van der Waals surface area contributed by atoms with Crippen LogP contribution in [0, 0.1) is 6.92 Å². The summed E-state index contributed by atoms with van der Waals surface area (Å²) in [6, 6.07) is 14.2. The van der Waals surface area contributed by atoms with Gasteiger partial charge in [0.05, 0.1) is 13.7 Å². The van der Waals surface area contributed by atoms with Gasteiger partial charge in [0.2, 0.25) is 0 Å². The van der Waals surface area contributed by atoms with Gasteiger partial charge in [-0.25, -0.2) is 4.99 Å². The molecule has 0 aromatic heterocycles. The molecule has 0 radical (unpaired) electrons. The summed E-state index contributed by atoms with van der Waals surface area (Å²) in [5.74, 6) is 2.07. The number of hydrogen-bond donors (Lipinski definition) is 3. The molecule has 0 saturated carbocycles. The maximum Gasteiger partial charge on any atom is 0.257 e. The van der Waals surface area contributed by atoms with E-state index in [-0.39, 0.29) is 12.5 Å². The minimum absolute atomic E-state index is 0.0463. The molecule has 0 heterocycles. The molecule has 2 aromatic carbocycles. The smallest absolute Gasteiger partial charge is 0.257 e. The largest absolute Gasteiger partial charge is 0.493 e. The fourth-order valence-corrected chi connectivity index (χ4v) is 3.18. The van der Waals surface area contributed by atoms with E-state index in [1.165, 1.54) is 11.1 Å². The van der Waals surface area contributed by atoms with Crippen LogP contribution in [0.1, 0.15) is 43.4 Å². The minimum atomic E-state index is -0.163. The third-order valence-corrected chi connectivity index (χ3v) is 4.91. The number of aryl methyl sites for hydroxylation is 1. The molecule has 2 rings (SSSR count). The van der Waals surface area contributed by atoms with Crippen molar-refractivity contribution in [2.45, 2.75) is 40.2 Å². The number of carbonyl (C=O) groups excluding carboxylic acids is 1. The van der Waals surface area contributed by atoms with Crippen LogP contribution in [0.2, 0.25) is 0 Å². The van der Waals surface area contributed by atoms with Gasteiger partial charge in [0.15, 0.2) is 24.1 Å². The summed E-state index contributed by atoms with van der Waals surface area (Å²) in [6.07, 6.45) is 0. The van der Waals surface area contributed by atoms with E-state index in [4.69, 9.17) is 14.5 Å². The summed E-state index contributed by atoms with van der Waals surface area (Å²) in [7, 11) is 1.58. The van der Waals surface area contributed by atoms with Gasteiger partial charge in [0.1, 0.15) is 0 Å². The molecule has 0 aliphatic heterocycles. The first kappa shape index (κ1) is 25.0. The van der Waals surface area contributed by atoms with Gasteiger partial charge < -0.3 is 25.4 Å². The van der Waals surface area contributed by atoms with Crippen molar-refractivity contribution in [2.24, 2.45) is 4.99 Å². The van der Waals surface area contributed by atoms with E-state index in [9.17, 15) is 4.79 Å². The molecule has 0 fully saturated rings. The molecule has 0 saturated heterocycles. The molecule has 7 heteroatoms. The van der Waals surface area contributed by atoms with Crippen LogP contribution in [0.3, 0.4) is 0 Å². The van der Waals surface area contributed by atoms with Crippen LogP contribution in [-0.4, -0.2) is 45.2 Å². The summed E-state index contributed by atoms with van der Waals surface area (Å²) in [5, 5.41) is 9.43. The fourth-order valence-electron chi connectivity index (χ4n) is 3.18. The van der Waals surface area contributed by atoms with Crippen molar-refractivity contribution in [1.82, 2.24) is 16.0 Å². The van der Waals surface area contributed by atoms with Crippen molar-refractivity contribution in [1.29, 1.82) is 0 Å². The predicted molar refractivity (Wildman–Crippen MR) is 130 cm³/mol. The third-order valence-electron chi connectivity index (χ3n) is 4.91. The molecule has 1 amide bonds. The monoisotopic (exact) mass is 440 g/mol. The summed E-state index contributed by atoms with van der Waals surface area (Å²) in [4.78, 5) is 16.3. The predicted octanol–water partition coefficient (Wildman–Crippen LogP) is 3.38. The van der Waals surface area contributed by atoms with Gasteiger partial charge in [0.25, 0.3) is 5.91 Å². The van der Waals surface area contributed by atoms with Gasteiger partial charge in [-0.3, -0.25) is 4.79 Å². The van der Waals surface area contributed by atoms with Crippen LogP contribution < -0.4 is 25.4 Å². The Bertz CT molecular complexity index is 899. The zero-order chi connectivity index (χ0) is 23.3. The highest BCUT2D eigenvalue weighted by atomic mass is 16.5. The Labute approximate surface area is 191 Å². The standard InChI is InChI=1S/C25H36N4O3/c1-6-26-24(30)17-32-22-12-11-20(14-23(22)31-5)16-29-25(27-7-2)28-15-19(4)21-10-8-9-18(3)13-21/h8-14,19H,6-7,15-17H2,1-5H3,(H,26,30)(H2,27,28,29). The van der Waals surface area contributed by atoms with Crippen molar-refractivity contribution in [3.63, 3.8) is 0 Å². The summed E-state index contributed by atoms with van der Waals surface area (Å²) in [5.41, 5.74) is 3.56. The summed E-state index contributed by atoms with van der Waals surface area (Å²) >= 11 is 0. The van der Waals surface area contributed by atoms with Crippen LogP contribution in [0.15, 0.2) is 47.5 Å². The highest BCUT2D eigenvalue weighted by Crippen LogP contribution is 2.28. The first-order valence-corrected chi connectivity index (χ1v) is 11.1. The average molecular weight is 441 g/mol. The number of nitrogens with zero attached hydrogens (tertiary/aromatic N) is 1. The molecule has 0 bridgehead atoms. The number of carbonyl (C=O) groups is 1. The summed E-state index contributed by atoms with van der Waals surface area (Å²) < 4.78 is 11.0. The normalized spacial score (nSPS) is 12.1. The Morgan fingerprint density at radius 3 is 2.50 bits per heavy atom. The van der Waals surface area contributed by atoms with E-state index in [1.807, 2.05) is 32.0 Å². The zero-order valence-electron chi connectivity index (χ0n) is 19.8. The van der Waals surface area contributed by atoms with E-state index in [0.717, 1.165) is 24.6 Å². The highest BCUT2D eigenvalue weighted by molar-refractivity contribution is 5.79. The maximum absolute atomic E-state index is 11.6. The lowest BCUT2D eigenvalue weighted by Gasteiger charge is -2.17. The second-order valence-electron chi connectivity index (χ2n) is 7.62. The number of guanidine groups is 1. The van der Waals surface area contributed by atoms with Gasteiger partial charge in [-0.05, 0) is 49.9 Å². The second kappa shape index (κ2) is 13.2. The van der Waals surface area contributed by atoms with Gasteiger partial charge in [-0.1, -0.05) is 42.8 Å². The molecule has 7 nitrogen and oxygen atoms in total. The van der Waals surface area contributed by atoms with Crippen molar-refractivity contribution < 1.29 is 14.3 Å². The van der Waals surface area contributed by atoms with Gasteiger partial charge in [0, 0.05) is 19.6 Å². The van der Waals surface area contributed by atoms with Crippen LogP contribution in [-0.2, 0) is 11.3 Å². The summed E-state index contributed by atoms with van der Waals surface area (Å²) in [6.45, 7) is 10.8. The number of benzene rings is 2. The molecule has 1 unspecified atom stereocenters. The number of amides is 1. The lowest BCUT2D eigenvalue weighted by atomic mass is 9.99. The van der Waals surface area contributed by atoms with Crippen LogP contribution in [0.4, 0.5) is 0 Å². The Balaban J connectivity index is 1.99. The molecule has 2 aromatic rings. The van der Waals surface area contributed by atoms with Crippen LogP contribution >= 0.6 is 0 Å². The van der Waals surface area contributed by atoms with Gasteiger partial charge in [-0.2, -0.15) is 0 Å². The van der Waals surface area contributed by atoms with E-state index in [0.29, 0.717) is 30.5 Å². The molecule has 32 heavy (non-hydrogen) atoms. The SMILES string of the molecule is CCNC(=O)COc1ccc(CN=C(NCC)NCC(C)c2cccc(C)c2)cc1OC. The van der Waals surface area contributed by atoms with Crippen LogP contribution in [0.5, 0.6) is 11.5 Å². The average Bonchev–Trinajstić information content (AvgIpc) is 2.79. The van der Waals surface area contributed by atoms with Crippen molar-refractivity contribution in [3.8, 4) is 11.5 Å². The Hall–Kier alpha value is -3.22. The number of aliphatic imine (C=N–C) groups is 1. The van der Waals surface area contributed by atoms with E-state index in [2.05, 4.69) is 54.1 Å². The van der Waals surface area contributed by atoms with E-state index >= 15 is 0 Å². The number of likely N-dealkylation sites (N-methyl/N-ethyl adjacent to an activating group) is 1. The number of rotatable bonds is 11. The first-order valence-electron chi connectivity index (χ1n) is 11.1. The highest BCUT2D eigenvalue weighted by Gasteiger charge is 2.10. The first-order chi connectivity index (χ1) is 15.5. The lowest BCUT2D eigenvalue weighted by Crippen LogP contribution is -2.39. The maximum atomic E-state index is 11.6. The molecule has 0 spiro atoms. The van der Waals surface area contributed by atoms with Crippen molar-refractivity contribution >= 4 is 11.9 Å². The van der Waals surface area contributed by atoms with Gasteiger partial charge >= 0.3 is 0 Å². The van der Waals surface area contributed by atoms with E-state index in [1.54, 1.807) is 7.11 Å². The number of hydrogen-bond acceptors (Lipinski definition) is 4. The minimum Gasteiger partial charge on any atom is -0.493 e. The number of ether oxygens (including phenoxy) is 2. The van der Waals surface area contributed by atoms with Crippen LogP contribution in [0.25, 0.3) is 0 Å². The molecular formula is C25H36N4O3. The van der Waals surface area contributed by atoms with Crippen molar-refractivity contribution in [3.05, 3.63) is 59.2 Å². The lowest BCUT2D eigenvalue weighted by molar-refractivity contribution is -0.123. The molecule has 174 valence electrons. The molecular weight excluding hydrogens is 404 g/mol. The number of nitrogens with one attached hydrogen (secondary N) is 3. The molecule has 0 aliphatic rings. The van der Waals surface area contributed by atoms with Crippen molar-refractivity contribution in [2.75, 3.05) is 33.4 Å². The Kier molecular flexibility index (Phi) is 10.4. The molecule has 1 atom stereocenters. The molecule has 0 aliphatic carbocycles. The number of methoxy groups -OCH3 is 1. The topological polar surface area (TPSA) is 84.0 Å². The molecule has 3 N–H and O–H groups in total. The quantitative estimate of drug-likeness (QED) is 0.369. The fraction of sp³-hybridized carbons (Fsp3) is 0.440. The Morgan fingerprint density at radius 1 is 1.03 bits per heavy atom. The third kappa shape index (κ3) is 8.13. The Morgan fingerprint density at radius 2 is 1.81 bits per heavy atom.